The first kappa shape index (κ1) is 16.3. The fourth-order valence-corrected chi connectivity index (χ4v) is 2.90. The van der Waals surface area contributed by atoms with Crippen molar-refractivity contribution in [2.45, 2.75) is 6.92 Å². The largest absolute Gasteiger partial charge is 0.465 e. The first-order valence-electron chi connectivity index (χ1n) is 6.12. The molecule has 0 fully saturated rings. The van der Waals surface area contributed by atoms with Crippen molar-refractivity contribution in [3.8, 4) is 0 Å². The highest BCUT2D eigenvalue weighted by molar-refractivity contribution is 7.80. The Kier molecular flexibility index (Phi) is 5.04. The zero-order chi connectivity index (χ0) is 16.3. The summed E-state index contributed by atoms with van der Waals surface area (Å²) in [7, 11) is 1.29. The summed E-state index contributed by atoms with van der Waals surface area (Å²) in [5.74, 6) is -2.40. The molecule has 0 aliphatic heterocycles. The highest BCUT2D eigenvalue weighted by Gasteiger charge is 2.16. The van der Waals surface area contributed by atoms with Gasteiger partial charge in [-0.1, -0.05) is 0 Å². The smallest absolute Gasteiger partial charge is 0.340 e. The van der Waals surface area contributed by atoms with Gasteiger partial charge in [-0.25, -0.2) is 13.6 Å². The first-order chi connectivity index (χ1) is 10.4. The molecule has 0 aliphatic rings. The van der Waals surface area contributed by atoms with Crippen LogP contribution in [0.15, 0.2) is 24.3 Å². The van der Waals surface area contributed by atoms with E-state index in [1.165, 1.54) is 24.5 Å². The van der Waals surface area contributed by atoms with Gasteiger partial charge < -0.3 is 15.4 Å². The predicted octanol–water partition coefficient (Wildman–Crippen LogP) is 3.93. The van der Waals surface area contributed by atoms with Gasteiger partial charge in [0.25, 0.3) is 0 Å². The molecule has 116 valence electrons. The predicted molar refractivity (Wildman–Crippen MR) is 86.6 cm³/mol. The summed E-state index contributed by atoms with van der Waals surface area (Å²) in [6.07, 6.45) is 0. The fourth-order valence-electron chi connectivity index (χ4n) is 1.71. The van der Waals surface area contributed by atoms with Crippen LogP contribution in [0, 0.1) is 18.6 Å². The van der Waals surface area contributed by atoms with E-state index in [0.717, 1.165) is 17.0 Å². The average Bonchev–Trinajstić information content (AvgIpc) is 2.82. The van der Waals surface area contributed by atoms with Crippen LogP contribution >= 0.6 is 23.6 Å². The number of thiocarbonyl (C=S) groups is 1. The number of benzene rings is 1. The maximum Gasteiger partial charge on any atom is 0.340 e. The molecule has 0 amide bonds. The molecule has 0 saturated carbocycles. The topological polar surface area (TPSA) is 50.4 Å². The Labute approximate surface area is 135 Å². The maximum absolute atomic E-state index is 13.1. The van der Waals surface area contributed by atoms with Gasteiger partial charge in [-0.05, 0) is 37.3 Å². The SMILES string of the molecule is COC(=O)c1cc(C)sc1NC(=S)Nc1ccc(F)c(F)c1. The van der Waals surface area contributed by atoms with E-state index >= 15 is 0 Å². The van der Waals surface area contributed by atoms with Crippen LogP contribution in [0.3, 0.4) is 0 Å². The third-order valence-corrected chi connectivity index (χ3v) is 3.84. The number of thiophene rings is 1. The van der Waals surface area contributed by atoms with E-state index in [1.54, 1.807) is 6.07 Å². The molecule has 22 heavy (non-hydrogen) atoms. The van der Waals surface area contributed by atoms with Crippen molar-refractivity contribution < 1.29 is 18.3 Å². The van der Waals surface area contributed by atoms with Gasteiger partial charge in [0.1, 0.15) is 5.00 Å². The molecule has 0 aliphatic carbocycles. The van der Waals surface area contributed by atoms with Gasteiger partial charge in [-0.2, -0.15) is 0 Å². The number of esters is 1. The van der Waals surface area contributed by atoms with Crippen molar-refractivity contribution in [1.82, 2.24) is 0 Å². The lowest BCUT2D eigenvalue weighted by Crippen LogP contribution is -2.20. The fraction of sp³-hybridized carbons (Fsp3) is 0.143. The molecule has 0 atom stereocenters. The Morgan fingerprint density at radius 1 is 1.23 bits per heavy atom. The number of hydrogen-bond donors (Lipinski definition) is 2. The molecule has 1 aromatic carbocycles. The van der Waals surface area contributed by atoms with E-state index in [9.17, 15) is 13.6 Å². The van der Waals surface area contributed by atoms with E-state index in [2.05, 4.69) is 10.6 Å². The van der Waals surface area contributed by atoms with E-state index < -0.39 is 17.6 Å². The molecule has 4 nitrogen and oxygen atoms in total. The molecule has 1 aromatic heterocycles. The summed E-state index contributed by atoms with van der Waals surface area (Å²) in [5, 5.41) is 6.24. The molecule has 2 aromatic rings. The van der Waals surface area contributed by atoms with Crippen LogP contribution in [0.25, 0.3) is 0 Å². The van der Waals surface area contributed by atoms with Gasteiger partial charge in [0.15, 0.2) is 16.7 Å². The van der Waals surface area contributed by atoms with E-state index in [4.69, 9.17) is 17.0 Å². The number of hydrogen-bond acceptors (Lipinski definition) is 4. The number of aryl methyl sites for hydroxylation is 1. The lowest BCUT2D eigenvalue weighted by Gasteiger charge is -2.10. The van der Waals surface area contributed by atoms with Crippen LogP contribution in [0.1, 0.15) is 15.2 Å². The van der Waals surface area contributed by atoms with Crippen molar-refractivity contribution >= 4 is 45.3 Å². The molecular weight excluding hydrogens is 330 g/mol. The van der Waals surface area contributed by atoms with Gasteiger partial charge in [0.05, 0.1) is 12.7 Å². The van der Waals surface area contributed by atoms with Gasteiger partial charge in [-0.3, -0.25) is 0 Å². The second-order valence-electron chi connectivity index (χ2n) is 4.30. The summed E-state index contributed by atoms with van der Waals surface area (Å²) < 4.78 is 30.7. The maximum atomic E-state index is 13.1. The lowest BCUT2D eigenvalue weighted by atomic mass is 10.3. The van der Waals surface area contributed by atoms with Crippen LogP contribution in [0.5, 0.6) is 0 Å². The standard InChI is InChI=1S/C14H12F2N2O2S2/c1-7-5-9(13(19)20-2)12(22-7)18-14(21)17-8-3-4-10(15)11(16)6-8/h3-6H,1-2H3,(H2,17,18,21). The van der Waals surface area contributed by atoms with Crippen LogP contribution < -0.4 is 10.6 Å². The van der Waals surface area contributed by atoms with Crippen LogP contribution in [0.4, 0.5) is 19.5 Å². The molecule has 2 N–H and O–H groups in total. The summed E-state index contributed by atoms with van der Waals surface area (Å²) >= 11 is 6.43. The van der Waals surface area contributed by atoms with Crippen molar-refractivity contribution in [3.05, 3.63) is 46.3 Å². The molecule has 0 radical (unpaired) electrons. The van der Waals surface area contributed by atoms with Crippen LogP contribution in [-0.4, -0.2) is 18.2 Å². The average molecular weight is 342 g/mol. The Balaban J connectivity index is 2.12. The number of nitrogens with one attached hydrogen (secondary N) is 2. The van der Waals surface area contributed by atoms with Crippen molar-refractivity contribution in [2.24, 2.45) is 0 Å². The van der Waals surface area contributed by atoms with Crippen LogP contribution in [-0.2, 0) is 4.74 Å². The first-order valence-corrected chi connectivity index (χ1v) is 7.35. The molecule has 1 heterocycles. The van der Waals surface area contributed by atoms with Gasteiger partial charge in [0, 0.05) is 16.6 Å². The van der Waals surface area contributed by atoms with E-state index in [-0.39, 0.29) is 5.11 Å². The van der Waals surface area contributed by atoms with Crippen molar-refractivity contribution in [3.63, 3.8) is 0 Å². The van der Waals surface area contributed by atoms with E-state index in [0.29, 0.717) is 16.3 Å². The molecule has 0 saturated heterocycles. The Bertz CT molecular complexity index is 732. The minimum Gasteiger partial charge on any atom is -0.465 e. The Morgan fingerprint density at radius 3 is 2.59 bits per heavy atom. The normalized spacial score (nSPS) is 10.2. The number of rotatable bonds is 3. The van der Waals surface area contributed by atoms with Crippen molar-refractivity contribution in [1.29, 1.82) is 0 Å². The summed E-state index contributed by atoms with van der Waals surface area (Å²) in [5.41, 5.74) is 0.656. The monoisotopic (exact) mass is 342 g/mol. The number of halogens is 2. The number of ether oxygens (including phenoxy) is 1. The molecule has 2 rings (SSSR count). The quantitative estimate of drug-likeness (QED) is 0.654. The molecule has 0 spiro atoms. The highest BCUT2D eigenvalue weighted by Crippen LogP contribution is 2.28. The summed E-state index contributed by atoms with van der Waals surface area (Å²) in [6, 6.07) is 5.02. The van der Waals surface area contributed by atoms with Crippen LogP contribution in [0.2, 0.25) is 0 Å². The summed E-state index contributed by atoms with van der Waals surface area (Å²) in [4.78, 5) is 12.6. The molecule has 0 bridgehead atoms. The van der Waals surface area contributed by atoms with Gasteiger partial charge in [-0.15, -0.1) is 11.3 Å². The second-order valence-corrected chi connectivity index (χ2v) is 5.96. The summed E-state index contributed by atoms with van der Waals surface area (Å²) in [6.45, 7) is 1.84. The Morgan fingerprint density at radius 2 is 1.95 bits per heavy atom. The third kappa shape index (κ3) is 3.77. The molecular formula is C14H12F2N2O2S2. The van der Waals surface area contributed by atoms with Gasteiger partial charge >= 0.3 is 5.97 Å². The third-order valence-electron chi connectivity index (χ3n) is 2.67. The number of carbonyl (C=O) groups excluding carboxylic acids is 1. The number of methoxy groups -OCH3 is 1. The van der Waals surface area contributed by atoms with E-state index in [1.807, 2.05) is 6.92 Å². The minimum atomic E-state index is -0.977. The zero-order valence-electron chi connectivity index (χ0n) is 11.7. The van der Waals surface area contributed by atoms with Gasteiger partial charge in [0.2, 0.25) is 0 Å². The lowest BCUT2D eigenvalue weighted by molar-refractivity contribution is 0.0602. The number of carbonyl (C=O) groups is 1. The van der Waals surface area contributed by atoms with Crippen molar-refractivity contribution in [2.75, 3.05) is 17.7 Å². The second kappa shape index (κ2) is 6.80. The minimum absolute atomic E-state index is 0.151. The number of anilines is 2. The highest BCUT2D eigenvalue weighted by atomic mass is 32.1. The molecule has 8 heteroatoms. The zero-order valence-corrected chi connectivity index (χ0v) is 13.3. The Hall–Kier alpha value is -2.06. The molecule has 0 unspecified atom stereocenters.